The lowest BCUT2D eigenvalue weighted by Gasteiger charge is -2.29. The van der Waals surface area contributed by atoms with E-state index in [-0.39, 0.29) is 11.8 Å². The third-order valence-corrected chi connectivity index (χ3v) is 6.40. The second-order valence-corrected chi connectivity index (χ2v) is 8.33. The minimum Gasteiger partial charge on any atom is -0.356 e. The molecule has 2 heterocycles. The maximum Gasteiger partial charge on any atom is 0.223 e. The normalized spacial score (nSPS) is 19.3. The minimum atomic E-state index is 0.129. The van der Waals surface area contributed by atoms with Crippen molar-refractivity contribution in [3.8, 4) is 12.3 Å². The number of likely N-dealkylation sites (tertiary alicyclic amines) is 1. The van der Waals surface area contributed by atoms with Crippen molar-refractivity contribution >= 4 is 17.7 Å². The van der Waals surface area contributed by atoms with Gasteiger partial charge in [0.1, 0.15) is 5.82 Å². The Labute approximate surface area is 166 Å². The van der Waals surface area contributed by atoms with E-state index in [1.54, 1.807) is 11.8 Å². The summed E-state index contributed by atoms with van der Waals surface area (Å²) >= 11 is 1.67. The Morgan fingerprint density at radius 1 is 1.26 bits per heavy atom. The molecule has 1 amide bonds. The van der Waals surface area contributed by atoms with Crippen molar-refractivity contribution in [3.63, 3.8) is 0 Å². The van der Waals surface area contributed by atoms with E-state index in [1.165, 1.54) is 25.7 Å². The molecule has 148 valence electrons. The SMILES string of the molecule is C#CCN1CCC(C(=O)NCCCc2nnc(SC)n2C2CCCC2)CC1. The molecule has 1 aliphatic carbocycles. The summed E-state index contributed by atoms with van der Waals surface area (Å²) in [6.45, 7) is 3.23. The molecule has 7 heteroatoms. The van der Waals surface area contributed by atoms with E-state index in [0.717, 1.165) is 49.8 Å². The number of nitrogens with zero attached hydrogens (tertiary/aromatic N) is 4. The van der Waals surface area contributed by atoms with Gasteiger partial charge < -0.3 is 9.88 Å². The van der Waals surface area contributed by atoms with Gasteiger partial charge in [0.15, 0.2) is 5.16 Å². The van der Waals surface area contributed by atoms with Crippen molar-refractivity contribution in [1.29, 1.82) is 0 Å². The lowest BCUT2D eigenvalue weighted by Crippen LogP contribution is -2.40. The minimum absolute atomic E-state index is 0.129. The van der Waals surface area contributed by atoms with Crippen molar-refractivity contribution in [3.05, 3.63) is 5.82 Å². The molecule has 1 aromatic heterocycles. The number of hydrogen-bond donors (Lipinski definition) is 1. The van der Waals surface area contributed by atoms with E-state index >= 15 is 0 Å². The first-order chi connectivity index (χ1) is 13.2. The maximum absolute atomic E-state index is 12.4. The number of aromatic nitrogens is 3. The van der Waals surface area contributed by atoms with E-state index < -0.39 is 0 Å². The van der Waals surface area contributed by atoms with Gasteiger partial charge in [0.05, 0.1) is 6.54 Å². The van der Waals surface area contributed by atoms with Crippen LogP contribution in [0.1, 0.15) is 56.8 Å². The van der Waals surface area contributed by atoms with Crippen molar-refractivity contribution in [2.45, 2.75) is 62.6 Å². The van der Waals surface area contributed by atoms with Crippen LogP contribution in [0, 0.1) is 18.3 Å². The summed E-state index contributed by atoms with van der Waals surface area (Å²) in [6, 6.07) is 0.556. The van der Waals surface area contributed by atoms with Crippen LogP contribution in [0.25, 0.3) is 0 Å². The van der Waals surface area contributed by atoms with Crippen molar-refractivity contribution in [2.75, 3.05) is 32.4 Å². The lowest BCUT2D eigenvalue weighted by atomic mass is 9.96. The number of carbonyl (C=O) groups excluding carboxylic acids is 1. The van der Waals surface area contributed by atoms with E-state index in [1.807, 2.05) is 0 Å². The number of aryl methyl sites for hydroxylation is 1. The molecule has 1 aromatic rings. The van der Waals surface area contributed by atoms with Crippen LogP contribution < -0.4 is 5.32 Å². The molecule has 0 aromatic carbocycles. The third kappa shape index (κ3) is 5.26. The van der Waals surface area contributed by atoms with Gasteiger partial charge in [0.2, 0.25) is 5.91 Å². The molecular weight excluding hydrogens is 358 g/mol. The van der Waals surface area contributed by atoms with E-state index in [2.05, 4.69) is 37.2 Å². The van der Waals surface area contributed by atoms with E-state index in [4.69, 9.17) is 6.42 Å². The average molecular weight is 390 g/mol. The zero-order valence-electron chi connectivity index (χ0n) is 16.3. The van der Waals surface area contributed by atoms with Crippen LogP contribution in [0.2, 0.25) is 0 Å². The number of terminal acetylenes is 1. The Hall–Kier alpha value is -1.52. The molecule has 0 bridgehead atoms. The summed E-state index contributed by atoms with van der Waals surface area (Å²) in [6.07, 6.45) is 16.1. The van der Waals surface area contributed by atoms with Crippen molar-refractivity contribution in [1.82, 2.24) is 25.0 Å². The number of rotatable bonds is 8. The van der Waals surface area contributed by atoms with Gasteiger partial charge in [0, 0.05) is 24.9 Å². The Bertz CT molecular complexity index is 654. The number of amides is 1. The van der Waals surface area contributed by atoms with Gasteiger partial charge in [-0.2, -0.15) is 0 Å². The zero-order valence-corrected chi connectivity index (χ0v) is 17.1. The van der Waals surface area contributed by atoms with Crippen molar-refractivity contribution in [2.24, 2.45) is 5.92 Å². The first kappa shape index (κ1) is 20.2. The smallest absolute Gasteiger partial charge is 0.223 e. The van der Waals surface area contributed by atoms with Crippen LogP contribution >= 0.6 is 11.8 Å². The first-order valence-electron chi connectivity index (χ1n) is 10.1. The van der Waals surface area contributed by atoms with Gasteiger partial charge in [-0.05, 0) is 51.4 Å². The number of thioether (sulfide) groups is 1. The van der Waals surface area contributed by atoms with Gasteiger partial charge in [0.25, 0.3) is 0 Å². The monoisotopic (exact) mass is 389 g/mol. The molecule has 1 saturated carbocycles. The number of hydrogen-bond acceptors (Lipinski definition) is 5. The van der Waals surface area contributed by atoms with Crippen LogP contribution in [0.3, 0.4) is 0 Å². The lowest BCUT2D eigenvalue weighted by molar-refractivity contribution is -0.126. The second kappa shape index (κ2) is 10.1. The Morgan fingerprint density at radius 3 is 2.67 bits per heavy atom. The Kier molecular flexibility index (Phi) is 7.59. The quantitative estimate of drug-likeness (QED) is 0.420. The first-order valence-corrected chi connectivity index (χ1v) is 11.4. The molecule has 2 fully saturated rings. The second-order valence-electron chi connectivity index (χ2n) is 7.56. The molecule has 0 spiro atoms. The van der Waals surface area contributed by atoms with Gasteiger partial charge in [-0.3, -0.25) is 9.69 Å². The fourth-order valence-corrected chi connectivity index (χ4v) is 4.80. The molecule has 2 aliphatic rings. The van der Waals surface area contributed by atoms with E-state index in [0.29, 0.717) is 19.1 Å². The summed E-state index contributed by atoms with van der Waals surface area (Å²) in [5.41, 5.74) is 0. The van der Waals surface area contributed by atoms with Crippen LogP contribution in [-0.2, 0) is 11.2 Å². The number of nitrogens with one attached hydrogen (secondary N) is 1. The molecule has 1 N–H and O–H groups in total. The number of carbonyl (C=O) groups is 1. The van der Waals surface area contributed by atoms with Crippen LogP contribution in [0.5, 0.6) is 0 Å². The molecule has 1 saturated heterocycles. The molecule has 0 radical (unpaired) electrons. The number of piperidine rings is 1. The molecule has 0 unspecified atom stereocenters. The Balaban J connectivity index is 1.42. The fourth-order valence-electron chi connectivity index (χ4n) is 4.23. The molecule has 0 atom stereocenters. The molecule has 6 nitrogen and oxygen atoms in total. The van der Waals surface area contributed by atoms with E-state index in [9.17, 15) is 4.79 Å². The summed E-state index contributed by atoms with van der Waals surface area (Å²) < 4.78 is 2.35. The summed E-state index contributed by atoms with van der Waals surface area (Å²) in [5, 5.41) is 12.9. The van der Waals surface area contributed by atoms with Crippen molar-refractivity contribution < 1.29 is 4.79 Å². The van der Waals surface area contributed by atoms with Crippen LogP contribution in [0.15, 0.2) is 5.16 Å². The third-order valence-electron chi connectivity index (χ3n) is 5.76. The predicted octanol–water partition coefficient (Wildman–Crippen LogP) is 2.51. The fraction of sp³-hybridized carbons (Fsp3) is 0.750. The highest BCUT2D eigenvalue weighted by atomic mass is 32.2. The summed E-state index contributed by atoms with van der Waals surface area (Å²) in [5.74, 6) is 4.07. The van der Waals surface area contributed by atoms with Gasteiger partial charge >= 0.3 is 0 Å². The van der Waals surface area contributed by atoms with Crippen LogP contribution in [-0.4, -0.2) is 58.0 Å². The largest absolute Gasteiger partial charge is 0.356 e. The standard InChI is InChI=1S/C20H31N5OS/c1-3-13-24-14-10-16(11-15-24)19(26)21-12-6-9-18-22-23-20(27-2)25(18)17-7-4-5-8-17/h1,16-17H,4-15H2,2H3,(H,21,26). The average Bonchev–Trinajstić information content (AvgIpc) is 3.35. The zero-order chi connectivity index (χ0) is 19.1. The highest BCUT2D eigenvalue weighted by Crippen LogP contribution is 2.33. The Morgan fingerprint density at radius 2 is 2.00 bits per heavy atom. The van der Waals surface area contributed by atoms with Gasteiger partial charge in [-0.25, -0.2) is 0 Å². The maximum atomic E-state index is 12.4. The molecule has 3 rings (SSSR count). The summed E-state index contributed by atoms with van der Waals surface area (Å²) in [7, 11) is 0. The molecule has 27 heavy (non-hydrogen) atoms. The predicted molar refractivity (Wildman–Crippen MR) is 109 cm³/mol. The molecular formula is C20H31N5OS. The van der Waals surface area contributed by atoms with Gasteiger partial charge in [-0.15, -0.1) is 16.6 Å². The topological polar surface area (TPSA) is 63.1 Å². The highest BCUT2D eigenvalue weighted by molar-refractivity contribution is 7.98. The molecule has 1 aliphatic heterocycles. The van der Waals surface area contributed by atoms with Gasteiger partial charge in [-0.1, -0.05) is 30.5 Å². The van der Waals surface area contributed by atoms with Crippen LogP contribution in [0.4, 0.5) is 0 Å². The summed E-state index contributed by atoms with van der Waals surface area (Å²) in [4.78, 5) is 14.6. The highest BCUT2D eigenvalue weighted by Gasteiger charge is 2.25.